The van der Waals surface area contributed by atoms with Crippen molar-refractivity contribution >= 4 is 56.1 Å². The number of carbonyl (C=O) groups excluding carboxylic acids is 1. The molecule has 1 saturated heterocycles. The number of rotatable bonds is 8. The molecule has 5 nitrogen and oxygen atoms in total. The second-order valence-electron chi connectivity index (χ2n) is 6.93. The van der Waals surface area contributed by atoms with E-state index in [1.54, 1.807) is 34.9 Å². The number of hydrogen-bond acceptors (Lipinski definition) is 7. The quantitative estimate of drug-likeness (QED) is 0.463. The summed E-state index contributed by atoms with van der Waals surface area (Å²) in [6, 6.07) is 16.4. The molecule has 1 aliphatic heterocycles. The van der Waals surface area contributed by atoms with Gasteiger partial charge in [0.1, 0.15) is 0 Å². The van der Waals surface area contributed by atoms with Gasteiger partial charge < -0.3 is 4.74 Å². The molecule has 1 fully saturated rings. The number of hydrogen-bond donors (Lipinski definition) is 0. The summed E-state index contributed by atoms with van der Waals surface area (Å²) in [7, 11) is 0. The highest BCUT2D eigenvalue weighted by atomic mass is 32.2. The minimum atomic E-state index is 0.0984. The molecule has 158 valence electrons. The lowest BCUT2D eigenvalue weighted by molar-refractivity contribution is -0.116. The number of anilines is 1. The number of thiazole rings is 1. The summed E-state index contributed by atoms with van der Waals surface area (Å²) in [5.41, 5.74) is 0.952. The van der Waals surface area contributed by atoms with E-state index >= 15 is 0 Å². The average Bonchev–Trinajstić information content (AvgIpc) is 3.22. The van der Waals surface area contributed by atoms with Crippen LogP contribution in [0.1, 0.15) is 0 Å². The van der Waals surface area contributed by atoms with Crippen LogP contribution in [0.25, 0.3) is 10.2 Å². The Kier molecular flexibility index (Phi) is 7.67. The standard InChI is InChI=1S/C22H25N3O2S3/c1-28-18-7-8-19-20(15-18)30-22(23-19)25(10-9-24-11-13-27-14-12-24)21(26)16-29-17-5-3-2-4-6-17/h2-8,15H,9-14,16H2,1H3. The van der Waals surface area contributed by atoms with E-state index < -0.39 is 0 Å². The molecule has 2 aromatic carbocycles. The second-order valence-corrected chi connectivity index (χ2v) is 9.87. The van der Waals surface area contributed by atoms with E-state index in [-0.39, 0.29) is 5.91 Å². The third kappa shape index (κ3) is 5.56. The van der Waals surface area contributed by atoms with Gasteiger partial charge in [-0.1, -0.05) is 29.5 Å². The Balaban J connectivity index is 1.51. The molecule has 0 bridgehead atoms. The van der Waals surface area contributed by atoms with Gasteiger partial charge in [0.2, 0.25) is 5.91 Å². The van der Waals surface area contributed by atoms with Gasteiger partial charge in [0.05, 0.1) is 29.2 Å². The average molecular weight is 460 g/mol. The lowest BCUT2D eigenvalue weighted by Gasteiger charge is -2.29. The lowest BCUT2D eigenvalue weighted by atomic mass is 10.3. The van der Waals surface area contributed by atoms with Gasteiger partial charge in [-0.2, -0.15) is 0 Å². The van der Waals surface area contributed by atoms with Gasteiger partial charge in [0.25, 0.3) is 0 Å². The number of amides is 1. The zero-order valence-corrected chi connectivity index (χ0v) is 19.4. The summed E-state index contributed by atoms with van der Waals surface area (Å²) in [6.07, 6.45) is 2.07. The maximum absolute atomic E-state index is 13.2. The Hall–Kier alpha value is -1.58. The number of benzene rings is 2. The van der Waals surface area contributed by atoms with Crippen LogP contribution in [0, 0.1) is 0 Å². The van der Waals surface area contributed by atoms with Crippen molar-refractivity contribution in [3.8, 4) is 0 Å². The number of fused-ring (bicyclic) bond motifs is 1. The van der Waals surface area contributed by atoms with Crippen LogP contribution in [0.15, 0.2) is 58.3 Å². The third-order valence-electron chi connectivity index (χ3n) is 4.97. The molecular formula is C22H25N3O2S3. The fourth-order valence-corrected chi connectivity index (χ4v) is 5.63. The van der Waals surface area contributed by atoms with Gasteiger partial charge in [-0.15, -0.1) is 23.5 Å². The van der Waals surface area contributed by atoms with Gasteiger partial charge in [0, 0.05) is 36.0 Å². The lowest BCUT2D eigenvalue weighted by Crippen LogP contribution is -2.43. The molecule has 4 rings (SSSR count). The van der Waals surface area contributed by atoms with Crippen molar-refractivity contribution in [2.75, 3.05) is 56.3 Å². The molecule has 0 spiro atoms. The molecule has 0 unspecified atom stereocenters. The van der Waals surface area contributed by atoms with E-state index in [4.69, 9.17) is 9.72 Å². The summed E-state index contributed by atoms with van der Waals surface area (Å²) < 4.78 is 6.57. The van der Waals surface area contributed by atoms with E-state index in [9.17, 15) is 4.79 Å². The largest absolute Gasteiger partial charge is 0.379 e. The third-order valence-corrected chi connectivity index (χ3v) is 7.73. The van der Waals surface area contributed by atoms with Crippen molar-refractivity contribution < 1.29 is 9.53 Å². The molecule has 30 heavy (non-hydrogen) atoms. The molecule has 0 aliphatic carbocycles. The molecular weight excluding hydrogens is 434 g/mol. The predicted octanol–water partition coefficient (Wildman–Crippen LogP) is 4.48. The Labute approximate surface area is 189 Å². The maximum Gasteiger partial charge on any atom is 0.239 e. The van der Waals surface area contributed by atoms with Crippen LogP contribution in [-0.4, -0.2) is 67.2 Å². The van der Waals surface area contributed by atoms with Gasteiger partial charge in [-0.25, -0.2) is 4.98 Å². The van der Waals surface area contributed by atoms with Crippen molar-refractivity contribution in [2.45, 2.75) is 9.79 Å². The summed E-state index contributed by atoms with van der Waals surface area (Å²) in [5.74, 6) is 0.500. The highest BCUT2D eigenvalue weighted by Crippen LogP contribution is 2.32. The minimum Gasteiger partial charge on any atom is -0.379 e. The fraction of sp³-hybridized carbons (Fsp3) is 0.364. The van der Waals surface area contributed by atoms with Crippen LogP contribution in [0.2, 0.25) is 0 Å². The zero-order valence-electron chi connectivity index (χ0n) is 17.0. The van der Waals surface area contributed by atoms with E-state index in [0.29, 0.717) is 12.3 Å². The fourth-order valence-electron chi connectivity index (χ4n) is 3.27. The van der Waals surface area contributed by atoms with E-state index in [0.717, 1.165) is 53.1 Å². The number of nitrogens with zero attached hydrogens (tertiary/aromatic N) is 3. The van der Waals surface area contributed by atoms with Gasteiger partial charge in [-0.05, 0) is 36.6 Å². The number of ether oxygens (including phenoxy) is 1. The van der Waals surface area contributed by atoms with E-state index in [1.165, 1.54) is 4.90 Å². The first-order valence-electron chi connectivity index (χ1n) is 9.96. The Morgan fingerprint density at radius 2 is 1.97 bits per heavy atom. The maximum atomic E-state index is 13.2. The molecule has 3 aromatic rings. The van der Waals surface area contributed by atoms with Crippen molar-refractivity contribution in [3.63, 3.8) is 0 Å². The first-order chi connectivity index (χ1) is 14.7. The molecule has 8 heteroatoms. The highest BCUT2D eigenvalue weighted by Gasteiger charge is 2.22. The molecule has 2 heterocycles. The molecule has 0 atom stereocenters. The predicted molar refractivity (Wildman–Crippen MR) is 128 cm³/mol. The SMILES string of the molecule is CSc1ccc2nc(N(CCN3CCOCC3)C(=O)CSc3ccccc3)sc2c1. The number of thioether (sulfide) groups is 2. The topological polar surface area (TPSA) is 45.7 Å². The van der Waals surface area contributed by atoms with Gasteiger partial charge in [0.15, 0.2) is 5.13 Å². The van der Waals surface area contributed by atoms with Crippen LogP contribution in [-0.2, 0) is 9.53 Å². The smallest absolute Gasteiger partial charge is 0.239 e. The Morgan fingerprint density at radius 3 is 2.73 bits per heavy atom. The first-order valence-corrected chi connectivity index (χ1v) is 13.0. The second kappa shape index (κ2) is 10.6. The Morgan fingerprint density at radius 1 is 1.17 bits per heavy atom. The molecule has 0 N–H and O–H groups in total. The summed E-state index contributed by atoms with van der Waals surface area (Å²) in [4.78, 5) is 24.5. The van der Waals surface area contributed by atoms with E-state index in [1.807, 2.05) is 41.3 Å². The highest BCUT2D eigenvalue weighted by molar-refractivity contribution is 8.00. The van der Waals surface area contributed by atoms with Crippen LogP contribution >= 0.6 is 34.9 Å². The van der Waals surface area contributed by atoms with Crippen LogP contribution in [0.4, 0.5) is 5.13 Å². The van der Waals surface area contributed by atoms with Crippen molar-refractivity contribution in [1.82, 2.24) is 9.88 Å². The zero-order chi connectivity index (χ0) is 20.8. The van der Waals surface area contributed by atoms with Gasteiger partial charge in [-0.3, -0.25) is 14.6 Å². The number of aromatic nitrogens is 1. The molecule has 0 radical (unpaired) electrons. The van der Waals surface area contributed by atoms with Crippen LogP contribution in [0.3, 0.4) is 0 Å². The van der Waals surface area contributed by atoms with Crippen molar-refractivity contribution in [2.24, 2.45) is 0 Å². The molecule has 1 aromatic heterocycles. The van der Waals surface area contributed by atoms with Crippen LogP contribution < -0.4 is 4.90 Å². The molecule has 1 amide bonds. The first kappa shape index (κ1) is 21.6. The molecule has 0 saturated carbocycles. The summed E-state index contributed by atoms with van der Waals surface area (Å²) >= 11 is 4.89. The monoisotopic (exact) mass is 459 g/mol. The normalized spacial score (nSPS) is 14.8. The van der Waals surface area contributed by atoms with Crippen molar-refractivity contribution in [3.05, 3.63) is 48.5 Å². The Bertz CT molecular complexity index is 974. The number of carbonyl (C=O) groups is 1. The minimum absolute atomic E-state index is 0.0984. The van der Waals surface area contributed by atoms with Gasteiger partial charge >= 0.3 is 0 Å². The van der Waals surface area contributed by atoms with Crippen molar-refractivity contribution in [1.29, 1.82) is 0 Å². The van der Waals surface area contributed by atoms with E-state index in [2.05, 4.69) is 23.3 Å². The van der Waals surface area contributed by atoms with Crippen LogP contribution in [0.5, 0.6) is 0 Å². The summed E-state index contributed by atoms with van der Waals surface area (Å²) in [6.45, 7) is 4.82. The molecule has 1 aliphatic rings. The number of morpholine rings is 1. The summed E-state index contributed by atoms with van der Waals surface area (Å²) in [5, 5.41) is 0.787.